The van der Waals surface area contributed by atoms with E-state index in [4.69, 9.17) is 4.74 Å². The van der Waals surface area contributed by atoms with E-state index in [0.29, 0.717) is 4.90 Å². The summed E-state index contributed by atoms with van der Waals surface area (Å²) < 4.78 is 30.5. The van der Waals surface area contributed by atoms with Gasteiger partial charge in [-0.05, 0) is 32.0 Å². The van der Waals surface area contributed by atoms with Crippen molar-refractivity contribution in [2.75, 3.05) is 12.4 Å². The summed E-state index contributed by atoms with van der Waals surface area (Å²) in [7, 11) is 0. The predicted molar refractivity (Wildman–Crippen MR) is 84.5 cm³/mol. The van der Waals surface area contributed by atoms with E-state index in [1.807, 2.05) is 5.32 Å². The van der Waals surface area contributed by atoms with Gasteiger partial charge < -0.3 is 10.1 Å². The molecule has 9 heteroatoms. The Morgan fingerprint density at radius 1 is 1.21 bits per heavy atom. The number of hydrogen-bond donors (Lipinski definition) is 2. The average molecular weight is 360 g/mol. The molecule has 2 N–H and O–H groups in total. The number of hydrogen-bond acceptors (Lipinski definition) is 5. The Morgan fingerprint density at radius 2 is 1.92 bits per heavy atom. The lowest BCUT2D eigenvalue weighted by atomic mass is 10.3. The fraction of sp³-hybridized carbons (Fsp3) is 0.400. The van der Waals surface area contributed by atoms with Crippen LogP contribution in [0.15, 0.2) is 23.1 Å². The van der Waals surface area contributed by atoms with E-state index < -0.39 is 36.1 Å². The third kappa shape index (κ3) is 7.91. The minimum atomic E-state index is -0.959. The number of esters is 1. The molecule has 0 saturated heterocycles. The van der Waals surface area contributed by atoms with Gasteiger partial charge in [0.1, 0.15) is 0 Å². The Hall–Kier alpha value is -2.16. The van der Waals surface area contributed by atoms with Gasteiger partial charge in [-0.2, -0.15) is 0 Å². The quantitative estimate of drug-likeness (QED) is 0.575. The lowest BCUT2D eigenvalue weighted by Crippen LogP contribution is -2.44. The van der Waals surface area contributed by atoms with Crippen molar-refractivity contribution in [2.24, 2.45) is 0 Å². The highest BCUT2D eigenvalue weighted by Crippen LogP contribution is 2.21. The molecule has 1 aromatic carbocycles. The zero-order valence-electron chi connectivity index (χ0n) is 13.2. The monoisotopic (exact) mass is 360 g/mol. The maximum atomic E-state index is 13.0. The summed E-state index contributed by atoms with van der Waals surface area (Å²) in [6.45, 7) is 2.89. The molecule has 0 spiro atoms. The van der Waals surface area contributed by atoms with Crippen molar-refractivity contribution in [1.82, 2.24) is 10.6 Å². The summed E-state index contributed by atoms with van der Waals surface area (Å²) in [5, 5.41) is 4.46. The van der Waals surface area contributed by atoms with Crippen LogP contribution in [-0.2, 0) is 14.3 Å². The van der Waals surface area contributed by atoms with Crippen molar-refractivity contribution < 1.29 is 27.9 Å². The van der Waals surface area contributed by atoms with Gasteiger partial charge in [0.15, 0.2) is 18.2 Å². The van der Waals surface area contributed by atoms with Crippen molar-refractivity contribution in [3.8, 4) is 0 Å². The van der Waals surface area contributed by atoms with Gasteiger partial charge in [0.2, 0.25) is 0 Å². The van der Waals surface area contributed by atoms with E-state index in [2.05, 4.69) is 5.32 Å². The second-order valence-electron chi connectivity index (χ2n) is 5.01. The normalized spacial score (nSPS) is 10.4. The number of carbonyl (C=O) groups excluding carboxylic acids is 3. The first kappa shape index (κ1) is 19.9. The smallest absolute Gasteiger partial charge is 0.321 e. The average Bonchev–Trinajstić information content (AvgIpc) is 2.48. The summed E-state index contributed by atoms with van der Waals surface area (Å²) >= 11 is 1.15. The third-order valence-corrected chi connectivity index (χ3v) is 3.50. The molecule has 0 radical (unpaired) electrons. The van der Waals surface area contributed by atoms with E-state index in [1.54, 1.807) is 13.8 Å². The van der Waals surface area contributed by atoms with Gasteiger partial charge in [-0.15, -0.1) is 11.8 Å². The number of nitrogens with one attached hydrogen (secondary N) is 2. The lowest BCUT2D eigenvalue weighted by molar-refractivity contribution is -0.147. The molecule has 132 valence electrons. The molecule has 6 nitrogen and oxygen atoms in total. The maximum Gasteiger partial charge on any atom is 0.321 e. The molecule has 24 heavy (non-hydrogen) atoms. The van der Waals surface area contributed by atoms with Crippen LogP contribution in [0.5, 0.6) is 0 Å². The van der Waals surface area contributed by atoms with E-state index in [0.717, 1.165) is 23.9 Å². The molecular weight excluding hydrogens is 342 g/mol. The Morgan fingerprint density at radius 3 is 2.54 bits per heavy atom. The zero-order valence-corrected chi connectivity index (χ0v) is 14.0. The molecule has 0 atom stereocenters. The molecule has 0 aliphatic carbocycles. The fourth-order valence-corrected chi connectivity index (χ4v) is 2.35. The first-order valence-corrected chi connectivity index (χ1v) is 8.10. The Kier molecular flexibility index (Phi) is 8.17. The summed E-state index contributed by atoms with van der Waals surface area (Å²) in [4.78, 5) is 34.6. The van der Waals surface area contributed by atoms with Crippen LogP contribution in [0, 0.1) is 11.6 Å². The van der Waals surface area contributed by atoms with Gasteiger partial charge in [-0.1, -0.05) is 0 Å². The second kappa shape index (κ2) is 9.86. The van der Waals surface area contributed by atoms with Crippen LogP contribution in [-0.4, -0.2) is 36.3 Å². The Balaban J connectivity index is 2.23. The molecule has 3 amide bonds. The number of benzene rings is 1. The number of rotatable bonds is 7. The van der Waals surface area contributed by atoms with Crippen molar-refractivity contribution in [2.45, 2.75) is 31.2 Å². The van der Waals surface area contributed by atoms with E-state index in [1.165, 1.54) is 6.07 Å². The van der Waals surface area contributed by atoms with Crippen molar-refractivity contribution in [1.29, 1.82) is 0 Å². The van der Waals surface area contributed by atoms with Crippen molar-refractivity contribution in [3.05, 3.63) is 29.8 Å². The van der Waals surface area contributed by atoms with Crippen LogP contribution in [0.1, 0.15) is 20.3 Å². The second-order valence-corrected chi connectivity index (χ2v) is 6.18. The summed E-state index contributed by atoms with van der Waals surface area (Å²) in [6.07, 6.45) is -0.0187. The number of amides is 3. The predicted octanol–water partition coefficient (Wildman–Crippen LogP) is 2.22. The van der Waals surface area contributed by atoms with Crippen LogP contribution >= 0.6 is 11.8 Å². The number of carbonyl (C=O) groups is 3. The molecule has 1 aromatic rings. The third-order valence-electron chi connectivity index (χ3n) is 2.50. The molecule has 1 rings (SSSR count). The molecule has 0 aliphatic heterocycles. The van der Waals surface area contributed by atoms with E-state index in [-0.39, 0.29) is 18.2 Å². The van der Waals surface area contributed by atoms with Crippen LogP contribution in [0.2, 0.25) is 0 Å². The lowest BCUT2D eigenvalue weighted by Gasteiger charge is -2.09. The maximum absolute atomic E-state index is 13.0. The summed E-state index contributed by atoms with van der Waals surface area (Å²) in [5.41, 5.74) is 0. The highest BCUT2D eigenvalue weighted by Gasteiger charge is 2.11. The number of ether oxygens (including phenoxy) is 1. The number of halogens is 2. The van der Waals surface area contributed by atoms with Crippen molar-refractivity contribution in [3.63, 3.8) is 0 Å². The zero-order chi connectivity index (χ0) is 18.1. The first-order chi connectivity index (χ1) is 11.3. The Bertz CT molecular complexity index is 611. The van der Waals surface area contributed by atoms with Gasteiger partial charge in [0, 0.05) is 16.7 Å². The van der Waals surface area contributed by atoms with Gasteiger partial charge in [-0.3, -0.25) is 14.9 Å². The highest BCUT2D eigenvalue weighted by molar-refractivity contribution is 7.99. The molecule has 0 aromatic heterocycles. The number of imide groups is 1. The minimum absolute atomic E-state index is 0.0187. The SMILES string of the molecule is CC(C)NC(=O)NC(=O)COC(=O)CCSc1ccc(F)c(F)c1. The number of urea groups is 1. The van der Waals surface area contributed by atoms with Crippen LogP contribution in [0.3, 0.4) is 0 Å². The largest absolute Gasteiger partial charge is 0.456 e. The fourth-order valence-electron chi connectivity index (χ4n) is 1.50. The molecule has 0 heterocycles. The molecular formula is C15H18F2N2O4S. The summed E-state index contributed by atoms with van der Waals surface area (Å²) in [6, 6.07) is 2.64. The molecule has 0 saturated carbocycles. The van der Waals surface area contributed by atoms with Gasteiger partial charge in [0.25, 0.3) is 5.91 Å². The Labute approximate surface area is 142 Å². The van der Waals surface area contributed by atoms with Gasteiger partial charge in [0.05, 0.1) is 6.42 Å². The van der Waals surface area contributed by atoms with E-state index >= 15 is 0 Å². The number of thioether (sulfide) groups is 1. The molecule has 0 unspecified atom stereocenters. The minimum Gasteiger partial charge on any atom is -0.456 e. The summed E-state index contributed by atoms with van der Waals surface area (Å²) in [5.74, 6) is -3.00. The van der Waals surface area contributed by atoms with Crippen LogP contribution in [0.4, 0.5) is 13.6 Å². The van der Waals surface area contributed by atoms with Crippen molar-refractivity contribution >= 4 is 29.7 Å². The highest BCUT2D eigenvalue weighted by atomic mass is 32.2. The first-order valence-electron chi connectivity index (χ1n) is 7.11. The van der Waals surface area contributed by atoms with Gasteiger partial charge >= 0.3 is 12.0 Å². The van der Waals surface area contributed by atoms with Crippen LogP contribution in [0.25, 0.3) is 0 Å². The van der Waals surface area contributed by atoms with Crippen LogP contribution < -0.4 is 10.6 Å². The molecule has 0 aliphatic rings. The standard InChI is InChI=1S/C15H18F2N2O4S/c1-9(2)18-15(22)19-13(20)8-23-14(21)5-6-24-10-3-4-11(16)12(17)7-10/h3-4,7,9H,5-6,8H2,1-2H3,(H2,18,19,20,22). The molecule has 0 bridgehead atoms. The topological polar surface area (TPSA) is 84.5 Å². The van der Waals surface area contributed by atoms with Gasteiger partial charge in [-0.25, -0.2) is 13.6 Å². The van der Waals surface area contributed by atoms with E-state index in [9.17, 15) is 23.2 Å². The molecule has 0 fully saturated rings.